The third kappa shape index (κ3) is 4.06. The van der Waals surface area contributed by atoms with Crippen LogP contribution in [0.5, 0.6) is 5.75 Å². The minimum atomic E-state index is 0.925. The Balaban J connectivity index is 1.24. The molecule has 136 valence electrons. The number of rotatable bonds is 6. The third-order valence-electron chi connectivity index (χ3n) is 5.14. The van der Waals surface area contributed by atoms with Crippen LogP contribution in [-0.2, 0) is 13.0 Å². The zero-order valence-corrected chi connectivity index (χ0v) is 15.3. The molecule has 1 aliphatic heterocycles. The van der Waals surface area contributed by atoms with E-state index in [2.05, 4.69) is 44.8 Å². The van der Waals surface area contributed by atoms with Gasteiger partial charge in [-0.25, -0.2) is 4.98 Å². The molecule has 0 saturated carbocycles. The third-order valence-corrected chi connectivity index (χ3v) is 5.14. The lowest BCUT2D eigenvalue weighted by Crippen LogP contribution is -2.46. The highest BCUT2D eigenvalue weighted by atomic mass is 16.5. The van der Waals surface area contributed by atoms with Crippen molar-refractivity contribution in [2.45, 2.75) is 13.0 Å². The minimum absolute atomic E-state index is 0.925. The molecule has 2 aromatic heterocycles. The highest BCUT2D eigenvalue weighted by molar-refractivity contribution is 5.39. The lowest BCUT2D eigenvalue weighted by atomic mass is 10.1. The zero-order chi connectivity index (χ0) is 17.8. The molecule has 0 N–H and O–H groups in total. The normalized spacial score (nSPS) is 16.2. The van der Waals surface area contributed by atoms with Gasteiger partial charge in [0, 0.05) is 51.7 Å². The molecule has 3 aromatic rings. The van der Waals surface area contributed by atoms with Crippen LogP contribution in [0.25, 0.3) is 5.65 Å². The second-order valence-corrected chi connectivity index (χ2v) is 6.91. The van der Waals surface area contributed by atoms with Crippen molar-refractivity contribution in [2.75, 3.05) is 39.8 Å². The van der Waals surface area contributed by atoms with E-state index in [4.69, 9.17) is 9.72 Å². The second-order valence-electron chi connectivity index (χ2n) is 6.91. The smallest absolute Gasteiger partial charge is 0.137 e. The Morgan fingerprint density at radius 3 is 2.46 bits per heavy atom. The van der Waals surface area contributed by atoms with Crippen molar-refractivity contribution in [1.29, 1.82) is 0 Å². The van der Waals surface area contributed by atoms with Gasteiger partial charge in [0.1, 0.15) is 11.4 Å². The fourth-order valence-corrected chi connectivity index (χ4v) is 3.54. The minimum Gasteiger partial charge on any atom is -0.497 e. The largest absolute Gasteiger partial charge is 0.497 e. The lowest BCUT2D eigenvalue weighted by Gasteiger charge is -2.34. The van der Waals surface area contributed by atoms with E-state index >= 15 is 0 Å². The fraction of sp³-hybridized carbons (Fsp3) is 0.381. The van der Waals surface area contributed by atoms with E-state index < -0.39 is 0 Å². The topological polar surface area (TPSA) is 33.0 Å². The number of piperazine rings is 1. The zero-order valence-electron chi connectivity index (χ0n) is 15.3. The van der Waals surface area contributed by atoms with Crippen LogP contribution < -0.4 is 4.74 Å². The van der Waals surface area contributed by atoms with Gasteiger partial charge >= 0.3 is 0 Å². The fourth-order valence-electron chi connectivity index (χ4n) is 3.54. The standard InChI is InChI=1S/C21H26N4O/c1-26-20-7-5-18(6-8-20)9-11-23-12-14-24(15-13-23)16-19-17-25-10-3-2-4-21(25)22-19/h2-8,10,17H,9,11-16H2,1H3. The van der Waals surface area contributed by atoms with Crippen molar-refractivity contribution in [2.24, 2.45) is 0 Å². The van der Waals surface area contributed by atoms with E-state index in [1.54, 1.807) is 7.11 Å². The van der Waals surface area contributed by atoms with Crippen LogP contribution in [0.2, 0.25) is 0 Å². The van der Waals surface area contributed by atoms with Crippen LogP contribution in [0, 0.1) is 0 Å². The summed E-state index contributed by atoms with van der Waals surface area (Å²) >= 11 is 0. The summed E-state index contributed by atoms with van der Waals surface area (Å²) in [6.45, 7) is 6.53. The first-order valence-electron chi connectivity index (χ1n) is 9.30. The van der Waals surface area contributed by atoms with Crippen LogP contribution in [0.3, 0.4) is 0 Å². The van der Waals surface area contributed by atoms with E-state index in [1.807, 2.05) is 24.3 Å². The molecule has 1 fully saturated rings. The Morgan fingerprint density at radius 1 is 0.962 bits per heavy atom. The molecule has 0 radical (unpaired) electrons. The van der Waals surface area contributed by atoms with Crippen molar-refractivity contribution in [3.05, 3.63) is 66.1 Å². The van der Waals surface area contributed by atoms with Crippen molar-refractivity contribution >= 4 is 5.65 Å². The number of imidazole rings is 1. The van der Waals surface area contributed by atoms with E-state index in [0.717, 1.165) is 62.8 Å². The number of benzene rings is 1. The maximum atomic E-state index is 5.22. The molecule has 3 heterocycles. The van der Waals surface area contributed by atoms with Crippen molar-refractivity contribution < 1.29 is 4.74 Å². The number of hydrogen-bond acceptors (Lipinski definition) is 4. The summed E-state index contributed by atoms with van der Waals surface area (Å²) < 4.78 is 7.32. The SMILES string of the molecule is COc1ccc(CCN2CCN(Cc3cn4ccccc4n3)CC2)cc1. The predicted octanol–water partition coefficient (Wildman–Crippen LogP) is 2.70. The van der Waals surface area contributed by atoms with E-state index in [0.29, 0.717) is 0 Å². The number of fused-ring (bicyclic) bond motifs is 1. The number of hydrogen-bond donors (Lipinski definition) is 0. The van der Waals surface area contributed by atoms with Crippen LogP contribution in [-0.4, -0.2) is 59.0 Å². The van der Waals surface area contributed by atoms with Crippen LogP contribution in [0.1, 0.15) is 11.3 Å². The van der Waals surface area contributed by atoms with Gasteiger partial charge in [0.2, 0.25) is 0 Å². The van der Waals surface area contributed by atoms with Crippen LogP contribution >= 0.6 is 0 Å². The highest BCUT2D eigenvalue weighted by Crippen LogP contribution is 2.13. The van der Waals surface area contributed by atoms with E-state index in [-0.39, 0.29) is 0 Å². The van der Waals surface area contributed by atoms with Gasteiger partial charge < -0.3 is 14.0 Å². The molecule has 0 amide bonds. The molecule has 1 aliphatic rings. The van der Waals surface area contributed by atoms with Crippen LogP contribution in [0.4, 0.5) is 0 Å². The van der Waals surface area contributed by atoms with Gasteiger partial charge in [-0.05, 0) is 36.2 Å². The Labute approximate surface area is 154 Å². The maximum absolute atomic E-state index is 5.22. The predicted molar refractivity (Wildman–Crippen MR) is 104 cm³/mol. The van der Waals surface area contributed by atoms with Gasteiger partial charge in [0.05, 0.1) is 12.8 Å². The Kier molecular flexibility index (Phi) is 5.18. The Bertz CT molecular complexity index is 802. The van der Waals surface area contributed by atoms with Gasteiger partial charge in [-0.3, -0.25) is 4.90 Å². The molecule has 1 saturated heterocycles. The van der Waals surface area contributed by atoms with Gasteiger partial charge in [-0.15, -0.1) is 0 Å². The molecular formula is C21H26N4O. The van der Waals surface area contributed by atoms with Gasteiger partial charge in [0.25, 0.3) is 0 Å². The van der Waals surface area contributed by atoms with Gasteiger partial charge in [-0.2, -0.15) is 0 Å². The number of methoxy groups -OCH3 is 1. The Morgan fingerprint density at radius 2 is 1.73 bits per heavy atom. The molecule has 4 rings (SSSR count). The first-order valence-corrected chi connectivity index (χ1v) is 9.30. The molecule has 0 bridgehead atoms. The molecule has 0 unspecified atom stereocenters. The second kappa shape index (κ2) is 7.89. The molecule has 5 heteroatoms. The van der Waals surface area contributed by atoms with Crippen LogP contribution in [0.15, 0.2) is 54.9 Å². The number of ether oxygens (including phenoxy) is 1. The average molecular weight is 350 g/mol. The lowest BCUT2D eigenvalue weighted by molar-refractivity contribution is 0.127. The highest BCUT2D eigenvalue weighted by Gasteiger charge is 2.17. The summed E-state index contributed by atoms with van der Waals surface area (Å²) in [4.78, 5) is 9.78. The van der Waals surface area contributed by atoms with Crippen molar-refractivity contribution in [3.63, 3.8) is 0 Å². The summed E-state index contributed by atoms with van der Waals surface area (Å²) in [6.07, 6.45) is 5.30. The molecule has 0 atom stereocenters. The van der Waals surface area contributed by atoms with E-state index in [1.165, 1.54) is 5.56 Å². The Hall–Kier alpha value is -2.37. The molecule has 5 nitrogen and oxygen atoms in total. The van der Waals surface area contributed by atoms with E-state index in [9.17, 15) is 0 Å². The average Bonchev–Trinajstić information content (AvgIpc) is 3.10. The molecule has 0 aliphatic carbocycles. The first-order chi connectivity index (χ1) is 12.8. The summed E-state index contributed by atoms with van der Waals surface area (Å²) in [5.74, 6) is 0.925. The summed E-state index contributed by atoms with van der Waals surface area (Å²) in [7, 11) is 1.71. The molecule has 0 spiro atoms. The first kappa shape index (κ1) is 17.1. The van der Waals surface area contributed by atoms with Gasteiger partial charge in [0.15, 0.2) is 0 Å². The summed E-state index contributed by atoms with van der Waals surface area (Å²) in [5.41, 5.74) is 3.56. The maximum Gasteiger partial charge on any atom is 0.137 e. The summed E-state index contributed by atoms with van der Waals surface area (Å²) in [6, 6.07) is 14.6. The quantitative estimate of drug-likeness (QED) is 0.684. The van der Waals surface area contributed by atoms with Crippen molar-refractivity contribution in [1.82, 2.24) is 19.2 Å². The number of nitrogens with zero attached hydrogens (tertiary/aromatic N) is 4. The van der Waals surface area contributed by atoms with Gasteiger partial charge in [-0.1, -0.05) is 18.2 Å². The molecule has 1 aromatic carbocycles. The monoisotopic (exact) mass is 350 g/mol. The van der Waals surface area contributed by atoms with Crippen molar-refractivity contribution in [3.8, 4) is 5.75 Å². The number of aromatic nitrogens is 2. The molecular weight excluding hydrogens is 324 g/mol. The molecule has 26 heavy (non-hydrogen) atoms. The number of pyridine rings is 1. The summed E-state index contributed by atoms with van der Waals surface area (Å²) in [5, 5.41) is 0.